The Morgan fingerprint density at radius 3 is 2.85 bits per heavy atom. The number of aromatic nitrogens is 1. The molecule has 1 N–H and O–H groups in total. The number of rotatable bonds is 3. The van der Waals surface area contributed by atoms with E-state index in [-0.39, 0.29) is 11.9 Å². The summed E-state index contributed by atoms with van der Waals surface area (Å²) in [7, 11) is 0. The predicted molar refractivity (Wildman–Crippen MR) is 81.3 cm³/mol. The standard InChI is InChI=1S/C17H18N2O/c1-4-9-19-16(11(2)12(3)17(19)20)14-10-18-15-8-6-5-7-13(14)15/h4-8,10,16,18H,1,9H2,2-3H3. The Morgan fingerprint density at radius 1 is 1.35 bits per heavy atom. The molecule has 1 aromatic carbocycles. The number of H-pyrrole nitrogens is 1. The zero-order valence-electron chi connectivity index (χ0n) is 11.8. The molecule has 0 fully saturated rings. The largest absolute Gasteiger partial charge is 0.361 e. The molecule has 1 aliphatic rings. The maximum absolute atomic E-state index is 12.4. The zero-order valence-corrected chi connectivity index (χ0v) is 11.8. The predicted octanol–water partition coefficient (Wildman–Crippen LogP) is 3.57. The number of para-hydroxylation sites is 1. The van der Waals surface area contributed by atoms with E-state index in [2.05, 4.69) is 23.7 Å². The van der Waals surface area contributed by atoms with E-state index < -0.39 is 0 Å². The maximum Gasteiger partial charge on any atom is 0.250 e. The number of aromatic amines is 1. The van der Waals surface area contributed by atoms with Gasteiger partial charge in [0, 0.05) is 34.8 Å². The smallest absolute Gasteiger partial charge is 0.250 e. The number of carbonyl (C=O) groups excluding carboxylic acids is 1. The summed E-state index contributed by atoms with van der Waals surface area (Å²) in [6.45, 7) is 8.28. The first-order valence-corrected chi connectivity index (χ1v) is 6.80. The first kappa shape index (κ1) is 12.7. The molecule has 0 radical (unpaired) electrons. The lowest BCUT2D eigenvalue weighted by Gasteiger charge is -2.25. The highest BCUT2D eigenvalue weighted by molar-refractivity contribution is 5.98. The van der Waals surface area contributed by atoms with E-state index in [1.54, 1.807) is 6.08 Å². The second-order valence-electron chi connectivity index (χ2n) is 5.25. The highest BCUT2D eigenvalue weighted by atomic mass is 16.2. The number of benzene rings is 1. The molecule has 3 heteroatoms. The van der Waals surface area contributed by atoms with Crippen LogP contribution in [0.25, 0.3) is 10.9 Å². The molecule has 1 amide bonds. The maximum atomic E-state index is 12.4. The van der Waals surface area contributed by atoms with Crippen molar-refractivity contribution in [1.29, 1.82) is 0 Å². The van der Waals surface area contributed by atoms with Crippen LogP contribution in [0.3, 0.4) is 0 Å². The molecule has 0 spiro atoms. The Morgan fingerprint density at radius 2 is 2.10 bits per heavy atom. The van der Waals surface area contributed by atoms with Crippen molar-refractivity contribution in [2.75, 3.05) is 6.54 Å². The van der Waals surface area contributed by atoms with Gasteiger partial charge in [-0.2, -0.15) is 0 Å². The van der Waals surface area contributed by atoms with Gasteiger partial charge in [-0.15, -0.1) is 6.58 Å². The highest BCUT2D eigenvalue weighted by Crippen LogP contribution is 2.40. The van der Waals surface area contributed by atoms with Crippen molar-refractivity contribution >= 4 is 16.8 Å². The SMILES string of the molecule is C=CCN1C(=O)C(C)=C(C)C1c1c[nH]c2ccccc12. The van der Waals surface area contributed by atoms with Crippen molar-refractivity contribution < 1.29 is 4.79 Å². The summed E-state index contributed by atoms with van der Waals surface area (Å²) in [5, 5.41) is 1.17. The molecule has 0 bridgehead atoms. The lowest BCUT2D eigenvalue weighted by atomic mass is 9.99. The summed E-state index contributed by atoms with van der Waals surface area (Å²) in [5.41, 5.74) is 4.24. The van der Waals surface area contributed by atoms with Crippen molar-refractivity contribution in [2.24, 2.45) is 0 Å². The number of nitrogens with zero attached hydrogens (tertiary/aromatic N) is 1. The fourth-order valence-electron chi connectivity index (χ4n) is 2.99. The van der Waals surface area contributed by atoms with Crippen LogP contribution in [0.5, 0.6) is 0 Å². The molecule has 1 aromatic heterocycles. The Hall–Kier alpha value is -2.29. The van der Waals surface area contributed by atoms with E-state index >= 15 is 0 Å². The van der Waals surface area contributed by atoms with Crippen LogP contribution in [-0.2, 0) is 4.79 Å². The summed E-state index contributed by atoms with van der Waals surface area (Å²) in [5.74, 6) is 0.109. The average Bonchev–Trinajstić information content (AvgIpc) is 2.96. The Kier molecular flexibility index (Phi) is 2.97. The third kappa shape index (κ3) is 1.70. The molecule has 102 valence electrons. The van der Waals surface area contributed by atoms with Crippen LogP contribution in [0, 0.1) is 0 Å². The quantitative estimate of drug-likeness (QED) is 0.847. The number of hydrogen-bond acceptors (Lipinski definition) is 1. The minimum atomic E-state index is 0.0108. The van der Waals surface area contributed by atoms with Gasteiger partial charge in [-0.05, 0) is 25.5 Å². The van der Waals surface area contributed by atoms with Crippen molar-refractivity contribution in [3.8, 4) is 0 Å². The van der Waals surface area contributed by atoms with Crippen LogP contribution in [0.2, 0.25) is 0 Å². The van der Waals surface area contributed by atoms with Crippen molar-refractivity contribution in [2.45, 2.75) is 19.9 Å². The van der Waals surface area contributed by atoms with Crippen LogP contribution in [-0.4, -0.2) is 22.3 Å². The Labute approximate surface area is 118 Å². The third-order valence-corrected chi connectivity index (χ3v) is 4.14. The number of fused-ring (bicyclic) bond motifs is 1. The Bertz CT molecular complexity index is 723. The van der Waals surface area contributed by atoms with Gasteiger partial charge in [0.2, 0.25) is 0 Å². The molecule has 20 heavy (non-hydrogen) atoms. The van der Waals surface area contributed by atoms with E-state index in [1.165, 1.54) is 5.39 Å². The molecule has 3 nitrogen and oxygen atoms in total. The van der Waals surface area contributed by atoms with Crippen LogP contribution in [0.15, 0.2) is 54.3 Å². The lowest BCUT2D eigenvalue weighted by molar-refractivity contribution is -0.126. The van der Waals surface area contributed by atoms with Gasteiger partial charge in [-0.3, -0.25) is 4.79 Å². The molecule has 2 heterocycles. The first-order chi connectivity index (χ1) is 9.65. The number of carbonyl (C=O) groups is 1. The van der Waals surface area contributed by atoms with Gasteiger partial charge in [0.15, 0.2) is 0 Å². The van der Waals surface area contributed by atoms with Crippen molar-refractivity contribution in [3.63, 3.8) is 0 Å². The number of hydrogen-bond donors (Lipinski definition) is 1. The summed E-state index contributed by atoms with van der Waals surface area (Å²) >= 11 is 0. The van der Waals surface area contributed by atoms with E-state index in [0.717, 1.165) is 22.2 Å². The fraction of sp³-hybridized carbons (Fsp3) is 0.235. The molecular weight excluding hydrogens is 248 g/mol. The number of amides is 1. The normalized spacial score (nSPS) is 19.2. The zero-order chi connectivity index (χ0) is 14.3. The molecule has 2 aromatic rings. The Balaban J connectivity index is 2.16. The molecule has 1 aliphatic heterocycles. The van der Waals surface area contributed by atoms with Gasteiger partial charge >= 0.3 is 0 Å². The van der Waals surface area contributed by atoms with Gasteiger partial charge in [-0.1, -0.05) is 24.3 Å². The lowest BCUT2D eigenvalue weighted by Crippen LogP contribution is -2.30. The van der Waals surface area contributed by atoms with E-state index in [0.29, 0.717) is 6.54 Å². The van der Waals surface area contributed by atoms with Crippen molar-refractivity contribution in [3.05, 3.63) is 59.8 Å². The third-order valence-electron chi connectivity index (χ3n) is 4.14. The molecule has 0 aliphatic carbocycles. The molecule has 3 rings (SSSR count). The monoisotopic (exact) mass is 266 g/mol. The minimum Gasteiger partial charge on any atom is -0.361 e. The highest BCUT2D eigenvalue weighted by Gasteiger charge is 2.36. The summed E-state index contributed by atoms with van der Waals surface area (Å²) in [6.07, 6.45) is 3.80. The first-order valence-electron chi connectivity index (χ1n) is 6.80. The summed E-state index contributed by atoms with van der Waals surface area (Å²) < 4.78 is 0. The van der Waals surface area contributed by atoms with Crippen LogP contribution < -0.4 is 0 Å². The molecular formula is C17H18N2O. The second-order valence-corrected chi connectivity index (χ2v) is 5.25. The van der Waals surface area contributed by atoms with Gasteiger partial charge in [0.1, 0.15) is 0 Å². The van der Waals surface area contributed by atoms with Crippen molar-refractivity contribution in [1.82, 2.24) is 9.88 Å². The molecule has 0 saturated heterocycles. The van der Waals surface area contributed by atoms with Gasteiger partial charge in [-0.25, -0.2) is 0 Å². The van der Waals surface area contributed by atoms with E-state index in [9.17, 15) is 4.79 Å². The molecule has 0 saturated carbocycles. The minimum absolute atomic E-state index is 0.0108. The van der Waals surface area contributed by atoms with Crippen LogP contribution >= 0.6 is 0 Å². The van der Waals surface area contributed by atoms with Crippen LogP contribution in [0.4, 0.5) is 0 Å². The topological polar surface area (TPSA) is 36.1 Å². The summed E-state index contributed by atoms with van der Waals surface area (Å²) in [6, 6.07) is 8.20. The van der Waals surface area contributed by atoms with Crippen LogP contribution in [0.1, 0.15) is 25.5 Å². The second kappa shape index (κ2) is 4.67. The summed E-state index contributed by atoms with van der Waals surface area (Å²) in [4.78, 5) is 17.5. The van der Waals surface area contributed by atoms with Gasteiger partial charge in [0.05, 0.1) is 6.04 Å². The fourth-order valence-corrected chi connectivity index (χ4v) is 2.99. The average molecular weight is 266 g/mol. The van der Waals surface area contributed by atoms with Gasteiger partial charge < -0.3 is 9.88 Å². The molecule has 1 atom stereocenters. The number of nitrogens with one attached hydrogen (secondary N) is 1. The van der Waals surface area contributed by atoms with E-state index in [1.807, 2.05) is 37.1 Å². The van der Waals surface area contributed by atoms with Gasteiger partial charge in [0.25, 0.3) is 5.91 Å². The van der Waals surface area contributed by atoms with E-state index in [4.69, 9.17) is 0 Å². The molecule has 1 unspecified atom stereocenters.